The molecule has 1 aliphatic rings. The van der Waals surface area contributed by atoms with Crippen LogP contribution in [0.4, 0.5) is 0 Å². The second kappa shape index (κ2) is 6.75. The molecule has 1 aromatic rings. The molecule has 1 aromatic carbocycles. The fourth-order valence-electron chi connectivity index (χ4n) is 2.63. The fraction of sp³-hybridized carbons (Fsp3) is 0.562. The number of carbonyl (C=O) groups excluding carboxylic acids is 1. The van der Waals surface area contributed by atoms with Crippen LogP contribution in [-0.2, 0) is 4.79 Å². The molecule has 0 aliphatic carbocycles. The van der Waals surface area contributed by atoms with Gasteiger partial charge in [0.25, 0.3) is 0 Å². The molecule has 1 atom stereocenters. The first kappa shape index (κ1) is 14.9. The normalized spacial score (nSPS) is 18.4. The zero-order valence-electron chi connectivity index (χ0n) is 12.3. The Balaban J connectivity index is 1.84. The predicted molar refractivity (Wildman–Crippen MR) is 77.8 cm³/mol. The highest BCUT2D eigenvalue weighted by atomic mass is 16.5. The lowest BCUT2D eigenvalue weighted by Gasteiger charge is -2.23. The number of aliphatic hydroxyl groups is 1. The van der Waals surface area contributed by atoms with Crippen LogP contribution in [0.25, 0.3) is 0 Å². The van der Waals surface area contributed by atoms with Crippen molar-refractivity contribution in [3.05, 3.63) is 29.3 Å². The van der Waals surface area contributed by atoms with E-state index in [4.69, 9.17) is 4.74 Å². The first-order valence-corrected chi connectivity index (χ1v) is 7.23. The molecule has 1 saturated heterocycles. The maximum atomic E-state index is 12.1. The number of ether oxygens (including phenoxy) is 1. The van der Waals surface area contributed by atoms with Gasteiger partial charge in [0.15, 0.2) is 0 Å². The molecule has 0 spiro atoms. The molecule has 1 fully saturated rings. The van der Waals surface area contributed by atoms with E-state index in [9.17, 15) is 9.90 Å². The Kier molecular flexibility index (Phi) is 5.01. The molecule has 2 rings (SSSR count). The van der Waals surface area contributed by atoms with Crippen LogP contribution in [0.2, 0.25) is 0 Å². The van der Waals surface area contributed by atoms with Crippen molar-refractivity contribution >= 4 is 5.91 Å². The number of amides is 1. The number of benzene rings is 1. The lowest BCUT2D eigenvalue weighted by Crippen LogP contribution is -2.38. The maximum absolute atomic E-state index is 12.1. The van der Waals surface area contributed by atoms with Crippen molar-refractivity contribution in [1.29, 1.82) is 0 Å². The van der Waals surface area contributed by atoms with Crippen LogP contribution in [0, 0.1) is 13.8 Å². The van der Waals surface area contributed by atoms with E-state index in [0.29, 0.717) is 13.0 Å². The van der Waals surface area contributed by atoms with Gasteiger partial charge in [0.2, 0.25) is 5.91 Å². The first-order chi connectivity index (χ1) is 9.63. The van der Waals surface area contributed by atoms with Crippen molar-refractivity contribution in [3.8, 4) is 5.75 Å². The van der Waals surface area contributed by atoms with E-state index < -0.39 is 0 Å². The minimum absolute atomic E-state index is 0.00297. The molecule has 0 radical (unpaired) electrons. The smallest absolute Gasteiger partial charge is 0.226 e. The van der Waals surface area contributed by atoms with Gasteiger partial charge in [-0.3, -0.25) is 4.79 Å². The molecule has 20 heavy (non-hydrogen) atoms. The van der Waals surface area contributed by atoms with Gasteiger partial charge in [0.1, 0.15) is 5.75 Å². The quantitative estimate of drug-likeness (QED) is 0.896. The zero-order chi connectivity index (χ0) is 14.5. The van der Waals surface area contributed by atoms with Gasteiger partial charge >= 0.3 is 0 Å². The number of hydrogen-bond acceptors (Lipinski definition) is 3. The molecule has 110 valence electrons. The number of aryl methyl sites for hydroxylation is 1. The molecule has 0 saturated carbocycles. The van der Waals surface area contributed by atoms with Crippen molar-refractivity contribution < 1.29 is 14.6 Å². The summed E-state index contributed by atoms with van der Waals surface area (Å²) >= 11 is 0. The third-order valence-corrected chi connectivity index (χ3v) is 4.04. The molecule has 4 heteroatoms. The van der Waals surface area contributed by atoms with Crippen molar-refractivity contribution in [3.63, 3.8) is 0 Å². The monoisotopic (exact) mass is 277 g/mol. The van der Waals surface area contributed by atoms with Crippen LogP contribution in [0.3, 0.4) is 0 Å². The lowest BCUT2D eigenvalue weighted by molar-refractivity contribution is -0.133. The standard InChI is InChI=1S/C16H23NO3/c1-12-5-3-7-15(13(12)2)20-10-8-16(19)17-9-4-6-14(17)11-18/h3,5,7,14,18H,4,6,8-11H2,1-2H3. The van der Waals surface area contributed by atoms with Gasteiger partial charge in [0, 0.05) is 6.54 Å². The van der Waals surface area contributed by atoms with Crippen LogP contribution < -0.4 is 4.74 Å². The summed E-state index contributed by atoms with van der Waals surface area (Å²) in [7, 11) is 0. The minimum atomic E-state index is 0.00297. The summed E-state index contributed by atoms with van der Waals surface area (Å²) < 4.78 is 5.71. The molecule has 1 amide bonds. The number of nitrogens with zero attached hydrogens (tertiary/aromatic N) is 1. The molecule has 0 bridgehead atoms. The molecule has 0 aromatic heterocycles. The molecule has 1 unspecified atom stereocenters. The Hall–Kier alpha value is -1.55. The fourth-order valence-corrected chi connectivity index (χ4v) is 2.63. The van der Waals surface area contributed by atoms with Crippen molar-refractivity contribution in [2.24, 2.45) is 0 Å². The summed E-state index contributed by atoms with van der Waals surface area (Å²) in [6.07, 6.45) is 2.25. The zero-order valence-corrected chi connectivity index (χ0v) is 12.3. The summed E-state index contributed by atoms with van der Waals surface area (Å²) in [5.74, 6) is 0.921. The summed E-state index contributed by atoms with van der Waals surface area (Å²) in [5, 5.41) is 9.23. The summed E-state index contributed by atoms with van der Waals surface area (Å²) in [6.45, 7) is 5.27. The molecule has 4 nitrogen and oxygen atoms in total. The topological polar surface area (TPSA) is 49.8 Å². The molecule has 1 heterocycles. The Morgan fingerprint density at radius 2 is 2.25 bits per heavy atom. The lowest BCUT2D eigenvalue weighted by atomic mass is 10.1. The number of hydrogen-bond donors (Lipinski definition) is 1. The van der Waals surface area contributed by atoms with Gasteiger partial charge < -0.3 is 14.7 Å². The van der Waals surface area contributed by atoms with Gasteiger partial charge in [-0.15, -0.1) is 0 Å². The van der Waals surface area contributed by atoms with Crippen molar-refractivity contribution in [2.45, 2.75) is 39.2 Å². The highest BCUT2D eigenvalue weighted by molar-refractivity contribution is 5.77. The van der Waals surface area contributed by atoms with E-state index in [-0.39, 0.29) is 18.6 Å². The van der Waals surface area contributed by atoms with E-state index in [1.165, 1.54) is 5.56 Å². The number of aliphatic hydroxyl groups excluding tert-OH is 1. The van der Waals surface area contributed by atoms with E-state index in [1.807, 2.05) is 32.0 Å². The number of carbonyl (C=O) groups is 1. The third kappa shape index (κ3) is 3.31. The van der Waals surface area contributed by atoms with E-state index >= 15 is 0 Å². The Morgan fingerprint density at radius 3 is 3.00 bits per heavy atom. The summed E-state index contributed by atoms with van der Waals surface area (Å²) in [5.41, 5.74) is 2.31. The van der Waals surface area contributed by atoms with Crippen LogP contribution in [0.15, 0.2) is 18.2 Å². The van der Waals surface area contributed by atoms with Gasteiger partial charge in [-0.2, -0.15) is 0 Å². The van der Waals surface area contributed by atoms with Crippen LogP contribution in [0.5, 0.6) is 5.75 Å². The average Bonchev–Trinajstić information content (AvgIpc) is 2.92. The molecular formula is C16H23NO3. The van der Waals surface area contributed by atoms with Gasteiger partial charge in [-0.25, -0.2) is 0 Å². The summed E-state index contributed by atoms with van der Waals surface area (Å²) in [4.78, 5) is 13.9. The van der Waals surface area contributed by atoms with Crippen LogP contribution >= 0.6 is 0 Å². The van der Waals surface area contributed by atoms with Gasteiger partial charge in [0.05, 0.1) is 25.7 Å². The number of likely N-dealkylation sites (tertiary alicyclic amines) is 1. The van der Waals surface area contributed by atoms with Crippen LogP contribution in [-0.4, -0.2) is 41.7 Å². The average molecular weight is 277 g/mol. The SMILES string of the molecule is Cc1cccc(OCCC(=O)N2CCCC2CO)c1C. The first-order valence-electron chi connectivity index (χ1n) is 7.23. The minimum Gasteiger partial charge on any atom is -0.493 e. The second-order valence-corrected chi connectivity index (χ2v) is 5.36. The Bertz CT molecular complexity index is 473. The van der Waals surface area contributed by atoms with E-state index in [2.05, 4.69) is 0 Å². The van der Waals surface area contributed by atoms with Gasteiger partial charge in [-0.1, -0.05) is 12.1 Å². The second-order valence-electron chi connectivity index (χ2n) is 5.36. The molecular weight excluding hydrogens is 254 g/mol. The molecule has 1 N–H and O–H groups in total. The summed E-state index contributed by atoms with van der Waals surface area (Å²) in [6, 6.07) is 5.94. The predicted octanol–water partition coefficient (Wildman–Crippen LogP) is 2.06. The Morgan fingerprint density at radius 1 is 1.45 bits per heavy atom. The third-order valence-electron chi connectivity index (χ3n) is 4.04. The molecule has 1 aliphatic heterocycles. The van der Waals surface area contributed by atoms with Gasteiger partial charge in [-0.05, 0) is 43.9 Å². The highest BCUT2D eigenvalue weighted by Crippen LogP contribution is 2.21. The number of rotatable bonds is 5. The van der Waals surface area contributed by atoms with Crippen molar-refractivity contribution in [2.75, 3.05) is 19.8 Å². The van der Waals surface area contributed by atoms with Crippen molar-refractivity contribution in [1.82, 2.24) is 4.90 Å². The Labute approximate surface area is 120 Å². The van der Waals surface area contributed by atoms with E-state index in [1.54, 1.807) is 4.90 Å². The van der Waals surface area contributed by atoms with Crippen LogP contribution in [0.1, 0.15) is 30.4 Å². The van der Waals surface area contributed by atoms with E-state index in [0.717, 1.165) is 30.7 Å². The maximum Gasteiger partial charge on any atom is 0.226 e. The highest BCUT2D eigenvalue weighted by Gasteiger charge is 2.27. The largest absolute Gasteiger partial charge is 0.493 e.